The summed E-state index contributed by atoms with van der Waals surface area (Å²) in [4.78, 5) is 13.3. The molecule has 0 radical (unpaired) electrons. The lowest BCUT2D eigenvalue weighted by Crippen LogP contribution is -2.51. The quantitative estimate of drug-likeness (QED) is 0.621. The van der Waals surface area contributed by atoms with E-state index in [9.17, 15) is 4.79 Å². The number of carbonyl (C=O) groups excluding carboxylic acids is 1. The summed E-state index contributed by atoms with van der Waals surface area (Å²) in [6, 6.07) is 0. The SMILES string of the molecule is CC(C)OC(=O)N1CC2CC(C2)C1. The highest BCUT2D eigenvalue weighted by Gasteiger charge is 2.39. The van der Waals surface area contributed by atoms with Crippen molar-refractivity contribution in [3.05, 3.63) is 0 Å². The van der Waals surface area contributed by atoms with Crippen LogP contribution in [0.3, 0.4) is 0 Å². The van der Waals surface area contributed by atoms with Gasteiger partial charge in [0.15, 0.2) is 0 Å². The second-order valence-electron chi connectivity index (χ2n) is 4.54. The number of piperidine rings is 2. The number of ether oxygens (including phenoxy) is 1. The van der Waals surface area contributed by atoms with Crippen LogP contribution in [0.15, 0.2) is 0 Å². The Morgan fingerprint density at radius 2 is 1.85 bits per heavy atom. The first-order chi connectivity index (χ1) is 6.15. The molecule has 3 rings (SSSR count). The summed E-state index contributed by atoms with van der Waals surface area (Å²) in [5.74, 6) is 1.52. The second-order valence-corrected chi connectivity index (χ2v) is 4.54. The second kappa shape index (κ2) is 3.20. The lowest BCUT2D eigenvalue weighted by molar-refractivity contribution is 0.00825. The monoisotopic (exact) mass is 183 g/mol. The highest BCUT2D eigenvalue weighted by atomic mass is 16.6. The van der Waals surface area contributed by atoms with Crippen LogP contribution < -0.4 is 0 Å². The largest absolute Gasteiger partial charge is 0.447 e. The van der Waals surface area contributed by atoms with Crippen LogP contribution in [0.25, 0.3) is 0 Å². The molecule has 0 aromatic carbocycles. The van der Waals surface area contributed by atoms with E-state index in [1.165, 1.54) is 12.8 Å². The van der Waals surface area contributed by atoms with E-state index >= 15 is 0 Å². The van der Waals surface area contributed by atoms with Gasteiger partial charge in [-0.1, -0.05) is 0 Å². The first kappa shape index (κ1) is 8.85. The summed E-state index contributed by atoms with van der Waals surface area (Å²) in [6.07, 6.45) is 2.53. The zero-order valence-corrected chi connectivity index (χ0v) is 8.32. The van der Waals surface area contributed by atoms with Gasteiger partial charge in [-0.25, -0.2) is 4.79 Å². The molecule has 2 saturated heterocycles. The summed E-state index contributed by atoms with van der Waals surface area (Å²) in [5.41, 5.74) is 0. The first-order valence-corrected chi connectivity index (χ1v) is 5.10. The molecule has 3 heteroatoms. The van der Waals surface area contributed by atoms with Crippen molar-refractivity contribution in [2.24, 2.45) is 11.8 Å². The van der Waals surface area contributed by atoms with Crippen molar-refractivity contribution >= 4 is 6.09 Å². The Morgan fingerprint density at radius 3 is 2.31 bits per heavy atom. The Morgan fingerprint density at radius 1 is 1.31 bits per heavy atom. The number of carbonyl (C=O) groups is 1. The highest BCUT2D eigenvalue weighted by Crippen LogP contribution is 2.39. The average molecular weight is 183 g/mol. The standard InChI is InChI=1S/C10H17NO2/c1-7(2)13-10(12)11-5-8-3-9(4-8)6-11/h7-9H,3-6H2,1-2H3. The van der Waals surface area contributed by atoms with Gasteiger partial charge >= 0.3 is 6.09 Å². The molecule has 0 N–H and O–H groups in total. The molecular formula is C10H17NO2. The average Bonchev–Trinajstić information content (AvgIpc) is 2.02. The molecule has 1 amide bonds. The van der Waals surface area contributed by atoms with E-state index in [1.54, 1.807) is 0 Å². The first-order valence-electron chi connectivity index (χ1n) is 5.10. The molecule has 3 nitrogen and oxygen atoms in total. The maximum Gasteiger partial charge on any atom is 0.410 e. The van der Waals surface area contributed by atoms with Gasteiger partial charge < -0.3 is 9.64 Å². The third-order valence-electron chi connectivity index (χ3n) is 2.89. The van der Waals surface area contributed by atoms with Crippen LogP contribution in [0, 0.1) is 11.8 Å². The minimum atomic E-state index is -0.121. The minimum absolute atomic E-state index is 0.00533. The van der Waals surface area contributed by atoms with Gasteiger partial charge in [-0.2, -0.15) is 0 Å². The topological polar surface area (TPSA) is 29.5 Å². The van der Waals surface area contributed by atoms with Crippen molar-refractivity contribution in [2.75, 3.05) is 13.1 Å². The molecule has 0 spiro atoms. The van der Waals surface area contributed by atoms with Crippen LogP contribution in [0.4, 0.5) is 4.79 Å². The number of hydrogen-bond acceptors (Lipinski definition) is 2. The van der Waals surface area contributed by atoms with Gasteiger partial charge in [-0.15, -0.1) is 0 Å². The molecule has 13 heavy (non-hydrogen) atoms. The van der Waals surface area contributed by atoms with E-state index in [4.69, 9.17) is 4.74 Å². The van der Waals surface area contributed by atoms with Crippen LogP contribution >= 0.6 is 0 Å². The van der Waals surface area contributed by atoms with E-state index in [1.807, 2.05) is 18.7 Å². The number of nitrogens with zero attached hydrogens (tertiary/aromatic N) is 1. The van der Waals surface area contributed by atoms with Gasteiger partial charge in [-0.3, -0.25) is 0 Å². The van der Waals surface area contributed by atoms with Crippen molar-refractivity contribution in [2.45, 2.75) is 32.8 Å². The Bertz CT molecular complexity index is 199. The molecule has 0 aromatic heterocycles. The highest BCUT2D eigenvalue weighted by molar-refractivity contribution is 5.68. The van der Waals surface area contributed by atoms with Crippen LogP contribution in [0.2, 0.25) is 0 Å². The summed E-state index contributed by atoms with van der Waals surface area (Å²) in [5, 5.41) is 0. The van der Waals surface area contributed by atoms with Gasteiger partial charge in [0.05, 0.1) is 6.10 Å². The molecule has 2 bridgehead atoms. The predicted molar refractivity (Wildman–Crippen MR) is 49.4 cm³/mol. The van der Waals surface area contributed by atoms with Gasteiger partial charge in [0, 0.05) is 13.1 Å². The summed E-state index contributed by atoms with van der Waals surface area (Å²) in [6.45, 7) is 5.62. The Labute approximate surface area is 79.0 Å². The molecule has 74 valence electrons. The third-order valence-corrected chi connectivity index (χ3v) is 2.89. The van der Waals surface area contributed by atoms with Gasteiger partial charge in [0.1, 0.15) is 0 Å². The molecule has 3 aliphatic rings. The zero-order chi connectivity index (χ0) is 9.42. The fourth-order valence-electron chi connectivity index (χ4n) is 2.30. The molecule has 1 saturated carbocycles. The minimum Gasteiger partial charge on any atom is -0.447 e. The van der Waals surface area contributed by atoms with E-state index in [0.717, 1.165) is 24.9 Å². The molecule has 2 aliphatic heterocycles. The van der Waals surface area contributed by atoms with Crippen molar-refractivity contribution in [1.29, 1.82) is 0 Å². The predicted octanol–water partition coefficient (Wildman–Crippen LogP) is 1.87. The van der Waals surface area contributed by atoms with Crippen molar-refractivity contribution < 1.29 is 9.53 Å². The van der Waals surface area contributed by atoms with E-state index in [-0.39, 0.29) is 12.2 Å². The number of rotatable bonds is 1. The maximum atomic E-state index is 11.5. The summed E-state index contributed by atoms with van der Waals surface area (Å²) < 4.78 is 5.15. The molecule has 0 aromatic rings. The number of amides is 1. The molecule has 0 atom stereocenters. The van der Waals surface area contributed by atoms with Crippen LogP contribution in [0.1, 0.15) is 26.7 Å². The fourth-order valence-corrected chi connectivity index (χ4v) is 2.30. The van der Waals surface area contributed by atoms with Crippen LogP contribution in [0.5, 0.6) is 0 Å². The normalized spacial score (nSPS) is 31.5. The van der Waals surface area contributed by atoms with Gasteiger partial charge in [0.2, 0.25) is 0 Å². The third kappa shape index (κ3) is 1.79. The zero-order valence-electron chi connectivity index (χ0n) is 8.32. The van der Waals surface area contributed by atoms with Gasteiger partial charge in [0.25, 0.3) is 0 Å². The van der Waals surface area contributed by atoms with Crippen molar-refractivity contribution in [3.63, 3.8) is 0 Å². The molecular weight excluding hydrogens is 166 g/mol. The van der Waals surface area contributed by atoms with E-state index in [0.29, 0.717) is 0 Å². The smallest absolute Gasteiger partial charge is 0.410 e. The number of fused-ring (bicyclic) bond motifs is 2. The Balaban J connectivity index is 1.84. The van der Waals surface area contributed by atoms with Crippen molar-refractivity contribution in [1.82, 2.24) is 4.90 Å². The summed E-state index contributed by atoms with van der Waals surface area (Å²) >= 11 is 0. The summed E-state index contributed by atoms with van der Waals surface area (Å²) in [7, 11) is 0. The van der Waals surface area contributed by atoms with Crippen LogP contribution in [-0.4, -0.2) is 30.2 Å². The fraction of sp³-hybridized carbons (Fsp3) is 0.900. The lowest BCUT2D eigenvalue weighted by Gasteiger charge is -2.46. The number of hydrogen-bond donors (Lipinski definition) is 0. The molecule has 2 heterocycles. The van der Waals surface area contributed by atoms with Crippen molar-refractivity contribution in [3.8, 4) is 0 Å². The molecule has 3 fully saturated rings. The Kier molecular flexibility index (Phi) is 2.18. The lowest BCUT2D eigenvalue weighted by atomic mass is 9.71. The van der Waals surface area contributed by atoms with E-state index in [2.05, 4.69) is 0 Å². The maximum absolute atomic E-state index is 11.5. The Hall–Kier alpha value is -0.730. The van der Waals surface area contributed by atoms with Crippen LogP contribution in [-0.2, 0) is 4.74 Å². The molecule has 0 unspecified atom stereocenters. The van der Waals surface area contributed by atoms with E-state index < -0.39 is 0 Å². The van der Waals surface area contributed by atoms with Gasteiger partial charge in [-0.05, 0) is 38.5 Å². The molecule has 1 aliphatic carbocycles.